The summed E-state index contributed by atoms with van der Waals surface area (Å²) in [6.07, 6.45) is 1.42. The second kappa shape index (κ2) is 6.80. The standard InChI is InChI=1S/C11H12ClF2NO4S2/c1-6(5-20(2)17)15-11(16)8-3-7(21(12,18)19)4-9(13)10(8)14/h3-4,6H,5H2,1-2H3,(H,15,16). The van der Waals surface area contributed by atoms with Crippen molar-refractivity contribution in [1.82, 2.24) is 5.32 Å². The molecule has 0 bridgehead atoms. The zero-order valence-electron chi connectivity index (χ0n) is 11.0. The zero-order chi connectivity index (χ0) is 16.4. The first kappa shape index (κ1) is 18.0. The fourth-order valence-corrected chi connectivity index (χ4v) is 3.12. The Hall–Kier alpha value is -1.06. The van der Waals surface area contributed by atoms with Crippen LogP contribution in [0, 0.1) is 11.6 Å². The predicted molar refractivity (Wildman–Crippen MR) is 75.3 cm³/mol. The molecular weight excluding hydrogens is 348 g/mol. The highest BCUT2D eigenvalue weighted by Crippen LogP contribution is 2.21. The van der Waals surface area contributed by atoms with E-state index in [1.54, 1.807) is 0 Å². The summed E-state index contributed by atoms with van der Waals surface area (Å²) in [5, 5.41) is 2.30. The number of nitrogens with one attached hydrogen (secondary N) is 1. The predicted octanol–water partition coefficient (Wildman–Crippen LogP) is 1.39. The Morgan fingerprint density at radius 3 is 2.48 bits per heavy atom. The van der Waals surface area contributed by atoms with Gasteiger partial charge in [-0.15, -0.1) is 0 Å². The third-order valence-corrected chi connectivity index (χ3v) is 4.69. The molecule has 10 heteroatoms. The Balaban J connectivity index is 3.15. The van der Waals surface area contributed by atoms with Crippen molar-refractivity contribution in [3.8, 4) is 0 Å². The molecule has 0 spiro atoms. The molecule has 0 aromatic heterocycles. The molecular formula is C11H12ClF2NO4S2. The van der Waals surface area contributed by atoms with Gasteiger partial charge in [0.05, 0.1) is 10.5 Å². The van der Waals surface area contributed by atoms with Crippen molar-refractivity contribution in [1.29, 1.82) is 0 Å². The zero-order valence-corrected chi connectivity index (χ0v) is 13.4. The van der Waals surface area contributed by atoms with Crippen LogP contribution in [0.1, 0.15) is 17.3 Å². The van der Waals surface area contributed by atoms with Gasteiger partial charge < -0.3 is 5.32 Å². The van der Waals surface area contributed by atoms with Crippen LogP contribution in [-0.2, 0) is 19.9 Å². The van der Waals surface area contributed by atoms with E-state index in [1.165, 1.54) is 13.2 Å². The summed E-state index contributed by atoms with van der Waals surface area (Å²) < 4.78 is 60.2. The summed E-state index contributed by atoms with van der Waals surface area (Å²) in [5.41, 5.74) is -0.789. The van der Waals surface area contributed by atoms with E-state index in [1.807, 2.05) is 0 Å². The second-order valence-corrected chi connectivity index (χ2v) is 8.36. The van der Waals surface area contributed by atoms with Gasteiger partial charge in [0.1, 0.15) is 0 Å². The van der Waals surface area contributed by atoms with Gasteiger partial charge in [-0.3, -0.25) is 9.00 Å². The van der Waals surface area contributed by atoms with Crippen molar-refractivity contribution in [3.05, 3.63) is 29.3 Å². The van der Waals surface area contributed by atoms with E-state index >= 15 is 0 Å². The highest BCUT2D eigenvalue weighted by atomic mass is 35.7. The van der Waals surface area contributed by atoms with Crippen molar-refractivity contribution in [2.45, 2.75) is 17.9 Å². The quantitative estimate of drug-likeness (QED) is 0.806. The lowest BCUT2D eigenvalue weighted by atomic mass is 10.2. The van der Waals surface area contributed by atoms with Crippen molar-refractivity contribution in [3.63, 3.8) is 0 Å². The number of carbonyl (C=O) groups excluding carboxylic acids is 1. The maximum atomic E-state index is 13.6. The summed E-state index contributed by atoms with van der Waals surface area (Å²) in [7, 11) is -0.460. The number of carbonyl (C=O) groups is 1. The second-order valence-electron chi connectivity index (χ2n) is 4.32. The molecule has 5 nitrogen and oxygen atoms in total. The average Bonchev–Trinajstić information content (AvgIpc) is 2.29. The lowest BCUT2D eigenvalue weighted by Gasteiger charge is -2.13. The molecule has 0 saturated carbocycles. The third-order valence-electron chi connectivity index (χ3n) is 2.39. The fourth-order valence-electron chi connectivity index (χ4n) is 1.57. The molecule has 2 atom stereocenters. The lowest BCUT2D eigenvalue weighted by molar-refractivity contribution is 0.0938. The molecule has 0 fully saturated rings. The Morgan fingerprint density at radius 2 is 2.00 bits per heavy atom. The van der Waals surface area contributed by atoms with Gasteiger partial charge in [-0.05, 0) is 19.1 Å². The number of benzene rings is 1. The molecule has 0 saturated heterocycles. The minimum Gasteiger partial charge on any atom is -0.349 e. The number of halogens is 3. The number of amides is 1. The molecule has 2 unspecified atom stereocenters. The van der Waals surface area contributed by atoms with Crippen LogP contribution < -0.4 is 5.32 Å². The van der Waals surface area contributed by atoms with Gasteiger partial charge in [-0.1, -0.05) is 0 Å². The Morgan fingerprint density at radius 1 is 1.43 bits per heavy atom. The fraction of sp³-hybridized carbons (Fsp3) is 0.364. The Bertz CT molecular complexity index is 694. The smallest absolute Gasteiger partial charge is 0.261 e. The van der Waals surface area contributed by atoms with Crippen molar-refractivity contribution < 1.29 is 26.2 Å². The maximum Gasteiger partial charge on any atom is 0.261 e. The van der Waals surface area contributed by atoms with E-state index in [4.69, 9.17) is 10.7 Å². The van der Waals surface area contributed by atoms with E-state index < -0.39 is 53.9 Å². The van der Waals surface area contributed by atoms with E-state index in [9.17, 15) is 26.2 Å². The minimum atomic E-state index is -4.31. The van der Waals surface area contributed by atoms with E-state index in [0.29, 0.717) is 12.1 Å². The van der Waals surface area contributed by atoms with Crippen LogP contribution >= 0.6 is 10.7 Å². The van der Waals surface area contributed by atoms with Gasteiger partial charge in [-0.25, -0.2) is 17.2 Å². The van der Waals surface area contributed by atoms with Crippen LogP contribution in [0.4, 0.5) is 8.78 Å². The molecule has 118 valence electrons. The molecule has 21 heavy (non-hydrogen) atoms. The molecule has 1 aromatic rings. The Kier molecular flexibility index (Phi) is 5.83. The van der Waals surface area contributed by atoms with Crippen LogP contribution in [0.25, 0.3) is 0 Å². The van der Waals surface area contributed by atoms with Gasteiger partial charge in [0.25, 0.3) is 15.0 Å². The summed E-state index contributed by atoms with van der Waals surface area (Å²) >= 11 is 0. The highest BCUT2D eigenvalue weighted by molar-refractivity contribution is 8.13. The molecule has 1 N–H and O–H groups in total. The van der Waals surface area contributed by atoms with E-state index in [0.717, 1.165) is 0 Å². The molecule has 0 aliphatic heterocycles. The monoisotopic (exact) mass is 359 g/mol. The van der Waals surface area contributed by atoms with Gasteiger partial charge >= 0.3 is 0 Å². The normalized spacial score (nSPS) is 14.5. The summed E-state index contributed by atoms with van der Waals surface area (Å²) in [6.45, 7) is 1.52. The van der Waals surface area contributed by atoms with Crippen molar-refractivity contribution in [2.75, 3.05) is 12.0 Å². The van der Waals surface area contributed by atoms with E-state index in [-0.39, 0.29) is 5.75 Å². The molecule has 0 heterocycles. The number of hydrogen-bond acceptors (Lipinski definition) is 4. The lowest BCUT2D eigenvalue weighted by Crippen LogP contribution is -2.36. The average molecular weight is 360 g/mol. The van der Waals surface area contributed by atoms with Gasteiger partial charge in [-0.2, -0.15) is 0 Å². The molecule has 0 aliphatic rings. The largest absolute Gasteiger partial charge is 0.349 e. The summed E-state index contributed by atoms with van der Waals surface area (Å²) in [5.74, 6) is -3.90. The first-order chi connectivity index (χ1) is 9.52. The van der Waals surface area contributed by atoms with Crippen LogP contribution in [0.5, 0.6) is 0 Å². The highest BCUT2D eigenvalue weighted by Gasteiger charge is 2.22. The van der Waals surface area contributed by atoms with Crippen molar-refractivity contribution in [2.24, 2.45) is 0 Å². The van der Waals surface area contributed by atoms with Crippen LogP contribution in [0.2, 0.25) is 0 Å². The van der Waals surface area contributed by atoms with Crippen LogP contribution in [0.15, 0.2) is 17.0 Å². The topological polar surface area (TPSA) is 80.3 Å². The number of rotatable bonds is 5. The van der Waals surface area contributed by atoms with Crippen molar-refractivity contribution >= 4 is 36.4 Å². The maximum absolute atomic E-state index is 13.6. The third kappa shape index (κ3) is 5.01. The van der Waals surface area contributed by atoms with E-state index in [2.05, 4.69) is 5.32 Å². The first-order valence-corrected chi connectivity index (χ1v) is 9.60. The summed E-state index contributed by atoms with van der Waals surface area (Å²) in [4.78, 5) is 11.1. The van der Waals surface area contributed by atoms with Crippen LogP contribution in [0.3, 0.4) is 0 Å². The van der Waals surface area contributed by atoms with Gasteiger partial charge in [0.2, 0.25) is 0 Å². The van der Waals surface area contributed by atoms with Crippen LogP contribution in [-0.4, -0.2) is 36.6 Å². The summed E-state index contributed by atoms with van der Waals surface area (Å²) in [6, 6.07) is 0.465. The Labute approximate surface area is 127 Å². The first-order valence-electron chi connectivity index (χ1n) is 5.57. The van der Waals surface area contributed by atoms with Gasteiger partial charge in [0.15, 0.2) is 11.6 Å². The SMILES string of the molecule is CC(CS(C)=O)NC(=O)c1cc(S(=O)(=O)Cl)cc(F)c1F. The molecule has 1 amide bonds. The number of hydrogen-bond donors (Lipinski definition) is 1. The van der Waals surface area contributed by atoms with Gasteiger partial charge in [0, 0.05) is 39.5 Å². The molecule has 1 rings (SSSR count). The molecule has 0 radical (unpaired) electrons. The molecule has 0 aliphatic carbocycles. The molecule has 1 aromatic carbocycles. The minimum absolute atomic E-state index is 0.114.